The molecule has 156 valence electrons. The Balaban J connectivity index is 2.16. The molecule has 2 aromatic rings. The van der Waals surface area contributed by atoms with Crippen LogP contribution in [0.4, 0.5) is 5.69 Å². The lowest BCUT2D eigenvalue weighted by molar-refractivity contribution is -0.113. The molecule has 0 unspecified atom stereocenters. The smallest absolute Gasteiger partial charge is 0.339 e. The number of hydrogen-bond acceptors (Lipinski definition) is 8. The highest BCUT2D eigenvalue weighted by Crippen LogP contribution is 2.22. The van der Waals surface area contributed by atoms with Gasteiger partial charge in [0.1, 0.15) is 5.82 Å². The molecule has 0 aliphatic heterocycles. The standard InChI is InChI=1S/C19H24N4O5S/c1-5-9-23-15(6-2)21-22-19(23)29-11-16(24)20-14-10-12(17(25)27-3)7-8-13(14)18(26)28-4/h7-8,10H,5-6,9,11H2,1-4H3,(H,20,24). The van der Waals surface area contributed by atoms with Gasteiger partial charge in [0.25, 0.3) is 0 Å². The van der Waals surface area contributed by atoms with Crippen molar-refractivity contribution in [1.82, 2.24) is 14.8 Å². The lowest BCUT2D eigenvalue weighted by atomic mass is 10.1. The van der Waals surface area contributed by atoms with Crippen LogP contribution in [-0.2, 0) is 27.2 Å². The van der Waals surface area contributed by atoms with E-state index in [4.69, 9.17) is 4.74 Å². The summed E-state index contributed by atoms with van der Waals surface area (Å²) in [5.41, 5.74) is 0.522. The van der Waals surface area contributed by atoms with Crippen molar-refractivity contribution in [2.24, 2.45) is 0 Å². The fraction of sp³-hybridized carbons (Fsp3) is 0.421. The molecule has 2 rings (SSSR count). The van der Waals surface area contributed by atoms with Crippen LogP contribution in [0.3, 0.4) is 0 Å². The zero-order valence-electron chi connectivity index (χ0n) is 16.9. The molecule has 0 spiro atoms. The summed E-state index contributed by atoms with van der Waals surface area (Å²) in [6.45, 7) is 4.83. The number of benzene rings is 1. The third-order valence-corrected chi connectivity index (χ3v) is 4.98. The fourth-order valence-electron chi connectivity index (χ4n) is 2.63. The number of anilines is 1. The molecular formula is C19H24N4O5S. The summed E-state index contributed by atoms with van der Waals surface area (Å²) in [7, 11) is 2.49. The van der Waals surface area contributed by atoms with Crippen molar-refractivity contribution in [3.63, 3.8) is 0 Å². The topological polar surface area (TPSA) is 112 Å². The first-order valence-electron chi connectivity index (χ1n) is 9.10. The SMILES string of the molecule is CCCn1c(CC)nnc1SCC(=O)Nc1cc(C(=O)OC)ccc1C(=O)OC. The van der Waals surface area contributed by atoms with Crippen LogP contribution >= 0.6 is 11.8 Å². The van der Waals surface area contributed by atoms with Crippen molar-refractivity contribution in [2.45, 2.75) is 38.4 Å². The van der Waals surface area contributed by atoms with Gasteiger partial charge in [-0.3, -0.25) is 4.79 Å². The zero-order valence-corrected chi connectivity index (χ0v) is 17.7. The maximum absolute atomic E-state index is 12.5. The Morgan fingerprint density at radius 1 is 1.10 bits per heavy atom. The number of aromatic nitrogens is 3. The van der Waals surface area contributed by atoms with Gasteiger partial charge in [-0.1, -0.05) is 25.6 Å². The molecule has 1 aromatic heterocycles. The minimum Gasteiger partial charge on any atom is -0.465 e. The van der Waals surface area contributed by atoms with E-state index < -0.39 is 11.9 Å². The van der Waals surface area contributed by atoms with Crippen LogP contribution < -0.4 is 5.32 Å². The molecule has 0 radical (unpaired) electrons. The molecule has 10 heteroatoms. The van der Waals surface area contributed by atoms with Crippen molar-refractivity contribution in [3.05, 3.63) is 35.2 Å². The first kappa shape index (κ1) is 22.4. The third-order valence-electron chi connectivity index (χ3n) is 4.01. The molecule has 0 bridgehead atoms. The van der Waals surface area contributed by atoms with E-state index in [2.05, 4.69) is 27.2 Å². The van der Waals surface area contributed by atoms with Gasteiger partial charge in [-0.25, -0.2) is 9.59 Å². The molecule has 0 saturated heterocycles. The zero-order chi connectivity index (χ0) is 21.4. The number of thioether (sulfide) groups is 1. The number of aryl methyl sites for hydroxylation is 1. The van der Waals surface area contributed by atoms with Crippen LogP contribution in [0, 0.1) is 0 Å². The van der Waals surface area contributed by atoms with E-state index in [1.807, 2.05) is 11.5 Å². The predicted octanol–water partition coefficient (Wildman–Crippen LogP) is 2.55. The maximum atomic E-state index is 12.5. The van der Waals surface area contributed by atoms with E-state index in [0.29, 0.717) is 5.16 Å². The molecule has 1 amide bonds. The molecular weight excluding hydrogens is 396 g/mol. The van der Waals surface area contributed by atoms with Gasteiger partial charge in [0.2, 0.25) is 5.91 Å². The van der Waals surface area contributed by atoms with Crippen molar-refractivity contribution < 1.29 is 23.9 Å². The Bertz CT molecular complexity index is 897. The van der Waals surface area contributed by atoms with Gasteiger partial charge in [-0.15, -0.1) is 10.2 Å². The number of nitrogens with one attached hydrogen (secondary N) is 1. The van der Waals surface area contributed by atoms with E-state index in [1.165, 1.54) is 44.2 Å². The van der Waals surface area contributed by atoms with E-state index in [0.717, 1.165) is 25.2 Å². The minimum atomic E-state index is -0.625. The van der Waals surface area contributed by atoms with Crippen LogP contribution in [-0.4, -0.2) is 52.6 Å². The number of carbonyl (C=O) groups is 3. The second-order valence-corrected chi connectivity index (χ2v) is 6.93. The molecule has 1 heterocycles. The molecule has 0 aliphatic rings. The number of nitrogens with zero attached hydrogens (tertiary/aromatic N) is 3. The van der Waals surface area contributed by atoms with Gasteiger partial charge < -0.3 is 19.4 Å². The Labute approximate surface area is 173 Å². The molecule has 29 heavy (non-hydrogen) atoms. The molecule has 0 aliphatic carbocycles. The van der Waals surface area contributed by atoms with E-state index in [9.17, 15) is 14.4 Å². The van der Waals surface area contributed by atoms with E-state index >= 15 is 0 Å². The van der Waals surface area contributed by atoms with Gasteiger partial charge in [-0.2, -0.15) is 0 Å². The van der Waals surface area contributed by atoms with Crippen LogP contribution in [0.15, 0.2) is 23.4 Å². The number of hydrogen-bond donors (Lipinski definition) is 1. The highest BCUT2D eigenvalue weighted by molar-refractivity contribution is 7.99. The highest BCUT2D eigenvalue weighted by atomic mass is 32.2. The Hall–Kier alpha value is -2.88. The summed E-state index contributed by atoms with van der Waals surface area (Å²) in [5, 5.41) is 11.6. The van der Waals surface area contributed by atoms with E-state index in [1.54, 1.807) is 0 Å². The summed E-state index contributed by atoms with van der Waals surface area (Å²) < 4.78 is 11.4. The minimum absolute atomic E-state index is 0.0641. The average molecular weight is 420 g/mol. The monoisotopic (exact) mass is 420 g/mol. The maximum Gasteiger partial charge on any atom is 0.339 e. The van der Waals surface area contributed by atoms with Crippen LogP contribution in [0.2, 0.25) is 0 Å². The summed E-state index contributed by atoms with van der Waals surface area (Å²) in [4.78, 5) is 36.2. The summed E-state index contributed by atoms with van der Waals surface area (Å²) >= 11 is 1.26. The number of esters is 2. The van der Waals surface area contributed by atoms with Crippen LogP contribution in [0.25, 0.3) is 0 Å². The molecule has 1 N–H and O–H groups in total. The first-order valence-corrected chi connectivity index (χ1v) is 10.1. The lowest BCUT2D eigenvalue weighted by Gasteiger charge is -2.12. The molecule has 0 atom stereocenters. The van der Waals surface area contributed by atoms with Crippen LogP contribution in [0.1, 0.15) is 46.8 Å². The second kappa shape index (κ2) is 10.6. The first-order chi connectivity index (χ1) is 13.9. The summed E-state index contributed by atoms with van der Waals surface area (Å²) in [5.74, 6) is -0.625. The quantitative estimate of drug-likeness (QED) is 0.486. The number of methoxy groups -OCH3 is 2. The van der Waals surface area contributed by atoms with E-state index in [-0.39, 0.29) is 28.5 Å². The van der Waals surface area contributed by atoms with Gasteiger partial charge in [0.05, 0.1) is 36.8 Å². The van der Waals surface area contributed by atoms with Crippen LogP contribution in [0.5, 0.6) is 0 Å². The van der Waals surface area contributed by atoms with Crippen molar-refractivity contribution >= 4 is 35.3 Å². The molecule has 9 nitrogen and oxygen atoms in total. The van der Waals surface area contributed by atoms with Gasteiger partial charge >= 0.3 is 11.9 Å². The van der Waals surface area contributed by atoms with Crippen molar-refractivity contribution in [1.29, 1.82) is 0 Å². The predicted molar refractivity (Wildman–Crippen MR) is 108 cm³/mol. The largest absolute Gasteiger partial charge is 0.465 e. The Kier molecular flexibility index (Phi) is 8.20. The van der Waals surface area contributed by atoms with Gasteiger partial charge in [0, 0.05) is 13.0 Å². The normalized spacial score (nSPS) is 10.5. The second-order valence-electron chi connectivity index (χ2n) is 5.98. The Morgan fingerprint density at radius 2 is 1.83 bits per heavy atom. The van der Waals surface area contributed by atoms with Crippen molar-refractivity contribution in [3.8, 4) is 0 Å². The summed E-state index contributed by atoms with van der Waals surface area (Å²) in [6, 6.07) is 4.23. The van der Waals surface area contributed by atoms with Gasteiger partial charge in [-0.05, 0) is 24.6 Å². The number of carbonyl (C=O) groups excluding carboxylic acids is 3. The number of ether oxygens (including phenoxy) is 2. The molecule has 0 saturated carbocycles. The molecule has 0 fully saturated rings. The highest BCUT2D eigenvalue weighted by Gasteiger charge is 2.18. The lowest BCUT2D eigenvalue weighted by Crippen LogP contribution is -2.18. The number of rotatable bonds is 9. The number of amides is 1. The average Bonchev–Trinajstić information content (AvgIpc) is 3.13. The van der Waals surface area contributed by atoms with Crippen molar-refractivity contribution in [2.75, 3.05) is 25.3 Å². The third kappa shape index (κ3) is 5.57. The molecule has 1 aromatic carbocycles. The summed E-state index contributed by atoms with van der Waals surface area (Å²) in [6.07, 6.45) is 1.68. The Morgan fingerprint density at radius 3 is 2.45 bits per heavy atom. The fourth-order valence-corrected chi connectivity index (χ4v) is 3.42. The van der Waals surface area contributed by atoms with Gasteiger partial charge in [0.15, 0.2) is 5.16 Å².